The zero-order chi connectivity index (χ0) is 16.4. The summed E-state index contributed by atoms with van der Waals surface area (Å²) in [6.45, 7) is 8.73. The SMILES string of the molecule is CCCCCC(CC)(CC)C(CC)C(=O)Nc1ccnnn1. The van der Waals surface area contributed by atoms with Crippen molar-refractivity contribution in [2.45, 2.75) is 72.6 Å². The van der Waals surface area contributed by atoms with Gasteiger partial charge in [-0.05, 0) is 36.3 Å². The van der Waals surface area contributed by atoms with Crippen molar-refractivity contribution in [2.75, 3.05) is 5.32 Å². The summed E-state index contributed by atoms with van der Waals surface area (Å²) in [5, 5.41) is 14.0. The van der Waals surface area contributed by atoms with Crippen LogP contribution in [0.4, 0.5) is 5.82 Å². The molecule has 0 saturated heterocycles. The topological polar surface area (TPSA) is 67.8 Å². The first kappa shape index (κ1) is 18.5. The molecule has 0 saturated carbocycles. The number of unbranched alkanes of at least 4 members (excludes halogenated alkanes) is 2. The Labute approximate surface area is 134 Å². The summed E-state index contributed by atoms with van der Waals surface area (Å²) >= 11 is 0. The molecule has 0 aromatic carbocycles. The minimum Gasteiger partial charge on any atom is -0.309 e. The fourth-order valence-corrected chi connectivity index (χ4v) is 3.42. The van der Waals surface area contributed by atoms with Crippen LogP contribution in [0.1, 0.15) is 72.6 Å². The Morgan fingerprint density at radius 1 is 1.23 bits per heavy atom. The van der Waals surface area contributed by atoms with Crippen molar-refractivity contribution < 1.29 is 4.79 Å². The van der Waals surface area contributed by atoms with Crippen molar-refractivity contribution in [3.63, 3.8) is 0 Å². The molecule has 1 aromatic heterocycles. The van der Waals surface area contributed by atoms with Crippen LogP contribution in [-0.4, -0.2) is 21.3 Å². The third-order valence-corrected chi connectivity index (χ3v) is 4.90. The Kier molecular flexibility index (Phi) is 7.99. The molecule has 1 N–H and O–H groups in total. The fourth-order valence-electron chi connectivity index (χ4n) is 3.42. The normalized spacial score (nSPS) is 12.9. The third-order valence-electron chi connectivity index (χ3n) is 4.90. The van der Waals surface area contributed by atoms with Crippen molar-refractivity contribution >= 4 is 11.7 Å². The van der Waals surface area contributed by atoms with Gasteiger partial charge in [0.25, 0.3) is 0 Å². The largest absolute Gasteiger partial charge is 0.309 e. The standard InChI is InChI=1S/C17H30N4O/c1-5-9-10-12-17(7-3,8-4)14(6-2)16(22)19-15-11-13-18-21-20-15/h11,13-14H,5-10,12H2,1-4H3,(H,18,19,20,22). The fraction of sp³-hybridized carbons (Fsp3) is 0.765. The van der Waals surface area contributed by atoms with E-state index >= 15 is 0 Å². The second-order valence-corrected chi connectivity index (χ2v) is 5.98. The van der Waals surface area contributed by atoms with E-state index in [2.05, 4.69) is 48.4 Å². The van der Waals surface area contributed by atoms with Crippen LogP contribution >= 0.6 is 0 Å². The molecule has 1 atom stereocenters. The maximum absolute atomic E-state index is 12.7. The third kappa shape index (κ3) is 4.75. The van der Waals surface area contributed by atoms with Crippen LogP contribution < -0.4 is 5.32 Å². The molecule has 0 radical (unpaired) electrons. The van der Waals surface area contributed by atoms with Gasteiger partial charge in [-0.25, -0.2) is 0 Å². The van der Waals surface area contributed by atoms with Crippen molar-refractivity contribution in [1.29, 1.82) is 0 Å². The summed E-state index contributed by atoms with van der Waals surface area (Å²) in [6.07, 6.45) is 9.19. The highest BCUT2D eigenvalue weighted by atomic mass is 16.2. The number of carbonyl (C=O) groups excluding carboxylic acids is 1. The summed E-state index contributed by atoms with van der Waals surface area (Å²) in [7, 11) is 0. The molecule has 1 heterocycles. The highest BCUT2D eigenvalue weighted by Crippen LogP contribution is 2.42. The van der Waals surface area contributed by atoms with Gasteiger partial charge < -0.3 is 5.32 Å². The first-order chi connectivity index (χ1) is 10.6. The van der Waals surface area contributed by atoms with Crippen LogP contribution in [0.3, 0.4) is 0 Å². The molecule has 1 unspecified atom stereocenters. The van der Waals surface area contributed by atoms with Gasteiger partial charge in [0.05, 0.1) is 6.20 Å². The predicted octanol–water partition coefficient (Wildman–Crippen LogP) is 4.22. The van der Waals surface area contributed by atoms with Gasteiger partial charge in [0.2, 0.25) is 5.91 Å². The lowest BCUT2D eigenvalue weighted by molar-refractivity contribution is -0.125. The number of aromatic nitrogens is 3. The summed E-state index contributed by atoms with van der Waals surface area (Å²) in [6, 6.07) is 1.67. The maximum atomic E-state index is 12.7. The van der Waals surface area contributed by atoms with Crippen LogP contribution in [0.15, 0.2) is 12.3 Å². The minimum absolute atomic E-state index is 0.00863. The Balaban J connectivity index is 2.85. The number of hydrogen-bond donors (Lipinski definition) is 1. The Morgan fingerprint density at radius 2 is 1.95 bits per heavy atom. The average molecular weight is 306 g/mol. The smallest absolute Gasteiger partial charge is 0.229 e. The molecule has 5 heteroatoms. The van der Waals surface area contributed by atoms with Crippen LogP contribution in [0.5, 0.6) is 0 Å². The molecule has 1 amide bonds. The van der Waals surface area contributed by atoms with Crippen molar-refractivity contribution in [3.05, 3.63) is 12.3 Å². The monoisotopic (exact) mass is 306 g/mol. The lowest BCUT2D eigenvalue weighted by Crippen LogP contribution is -2.38. The van der Waals surface area contributed by atoms with Gasteiger partial charge in [0.1, 0.15) is 0 Å². The Morgan fingerprint density at radius 3 is 2.45 bits per heavy atom. The summed E-state index contributed by atoms with van der Waals surface area (Å²) in [5.74, 6) is 0.547. The van der Waals surface area contributed by atoms with E-state index in [9.17, 15) is 4.79 Å². The van der Waals surface area contributed by atoms with Gasteiger partial charge in [0, 0.05) is 12.0 Å². The first-order valence-electron chi connectivity index (χ1n) is 8.58. The Bertz CT molecular complexity index is 432. The van der Waals surface area contributed by atoms with Crippen molar-refractivity contribution in [3.8, 4) is 0 Å². The quantitative estimate of drug-likeness (QED) is 0.657. The Hall–Kier alpha value is -1.52. The molecule has 0 bridgehead atoms. The van der Waals surface area contributed by atoms with Crippen molar-refractivity contribution in [1.82, 2.24) is 15.4 Å². The van der Waals surface area contributed by atoms with Gasteiger partial charge in [-0.1, -0.05) is 47.0 Å². The minimum atomic E-state index is 0.00863. The summed E-state index contributed by atoms with van der Waals surface area (Å²) in [5.41, 5.74) is 0.0778. The highest BCUT2D eigenvalue weighted by Gasteiger charge is 2.38. The highest BCUT2D eigenvalue weighted by molar-refractivity contribution is 5.92. The van der Waals surface area contributed by atoms with E-state index in [1.807, 2.05) is 0 Å². The van der Waals surface area contributed by atoms with Gasteiger partial charge in [-0.2, -0.15) is 0 Å². The second-order valence-electron chi connectivity index (χ2n) is 5.98. The zero-order valence-electron chi connectivity index (χ0n) is 14.4. The molecule has 1 rings (SSSR count). The van der Waals surface area contributed by atoms with E-state index in [1.165, 1.54) is 25.5 Å². The number of carbonyl (C=O) groups is 1. The van der Waals surface area contributed by atoms with Gasteiger partial charge >= 0.3 is 0 Å². The molecule has 124 valence electrons. The van der Waals surface area contributed by atoms with E-state index in [4.69, 9.17) is 0 Å². The first-order valence-corrected chi connectivity index (χ1v) is 8.58. The van der Waals surface area contributed by atoms with Gasteiger partial charge in [-0.3, -0.25) is 4.79 Å². The molecule has 0 fully saturated rings. The van der Waals surface area contributed by atoms with Crippen LogP contribution in [0, 0.1) is 11.3 Å². The molecule has 0 spiro atoms. The number of hydrogen-bond acceptors (Lipinski definition) is 4. The predicted molar refractivity (Wildman–Crippen MR) is 89.4 cm³/mol. The van der Waals surface area contributed by atoms with Gasteiger partial charge in [0.15, 0.2) is 5.82 Å². The number of rotatable bonds is 10. The molecular weight excluding hydrogens is 276 g/mol. The lowest BCUT2D eigenvalue weighted by Gasteiger charge is -2.38. The molecule has 0 aliphatic carbocycles. The van der Waals surface area contributed by atoms with Crippen molar-refractivity contribution in [2.24, 2.45) is 11.3 Å². The van der Waals surface area contributed by atoms with E-state index in [1.54, 1.807) is 6.07 Å². The number of nitrogens with zero attached hydrogens (tertiary/aromatic N) is 3. The van der Waals surface area contributed by atoms with Crippen LogP contribution in [0.2, 0.25) is 0 Å². The average Bonchev–Trinajstić information content (AvgIpc) is 2.55. The molecule has 0 aliphatic heterocycles. The van der Waals surface area contributed by atoms with E-state index in [-0.39, 0.29) is 17.2 Å². The van der Waals surface area contributed by atoms with Gasteiger partial charge in [-0.15, -0.1) is 10.2 Å². The molecule has 22 heavy (non-hydrogen) atoms. The van der Waals surface area contributed by atoms with Crippen LogP contribution in [0.25, 0.3) is 0 Å². The maximum Gasteiger partial charge on any atom is 0.229 e. The lowest BCUT2D eigenvalue weighted by atomic mass is 9.66. The van der Waals surface area contributed by atoms with E-state index in [0.29, 0.717) is 5.82 Å². The zero-order valence-corrected chi connectivity index (χ0v) is 14.4. The van der Waals surface area contributed by atoms with E-state index in [0.717, 1.165) is 25.7 Å². The summed E-state index contributed by atoms with van der Waals surface area (Å²) in [4.78, 5) is 12.7. The second kappa shape index (κ2) is 9.49. The van der Waals surface area contributed by atoms with E-state index < -0.39 is 0 Å². The molecule has 1 aromatic rings. The number of anilines is 1. The molecule has 5 nitrogen and oxygen atoms in total. The number of amides is 1. The molecular formula is C17H30N4O. The summed E-state index contributed by atoms with van der Waals surface area (Å²) < 4.78 is 0. The van der Waals surface area contributed by atoms with Crippen LogP contribution in [-0.2, 0) is 4.79 Å². The molecule has 0 aliphatic rings. The number of nitrogens with one attached hydrogen (secondary N) is 1.